The van der Waals surface area contributed by atoms with Gasteiger partial charge in [0.1, 0.15) is 11.8 Å². The molecule has 0 radical (unpaired) electrons. The van der Waals surface area contributed by atoms with Crippen LogP contribution in [0, 0.1) is 0 Å². The number of carbonyl (C=O) groups is 2. The van der Waals surface area contributed by atoms with E-state index in [0.717, 1.165) is 18.2 Å². The van der Waals surface area contributed by atoms with E-state index < -0.39 is 16.1 Å². The first kappa shape index (κ1) is 28.5. The van der Waals surface area contributed by atoms with Crippen molar-refractivity contribution >= 4 is 39.1 Å². The molecule has 1 atom stereocenters. The molecule has 0 aromatic heterocycles. The molecule has 0 bridgehead atoms. The third-order valence-electron chi connectivity index (χ3n) is 5.48. The molecule has 0 aliphatic rings. The molecule has 0 heterocycles. The van der Waals surface area contributed by atoms with Crippen molar-refractivity contribution in [1.29, 1.82) is 0 Å². The minimum absolute atomic E-state index is 0.0775. The van der Waals surface area contributed by atoms with Gasteiger partial charge in [-0.2, -0.15) is 0 Å². The van der Waals surface area contributed by atoms with Gasteiger partial charge in [-0.25, -0.2) is 8.42 Å². The third kappa shape index (κ3) is 8.74. The smallest absolute Gasteiger partial charge is 0.242 e. The quantitative estimate of drug-likeness (QED) is 0.430. The number of hydrogen-bond donors (Lipinski definition) is 1. The Morgan fingerprint density at radius 2 is 1.83 bits per heavy atom. The zero-order valence-electron chi connectivity index (χ0n) is 20.7. The first-order chi connectivity index (χ1) is 16.6. The van der Waals surface area contributed by atoms with Crippen LogP contribution in [0.25, 0.3) is 0 Å². The maximum absolute atomic E-state index is 13.2. The molecular weight excluding hydrogens is 490 g/mol. The Morgan fingerprint density at radius 1 is 1.14 bits per heavy atom. The number of hydrogen-bond acceptors (Lipinski definition) is 5. The summed E-state index contributed by atoms with van der Waals surface area (Å²) in [5.41, 5.74) is 1.29. The Morgan fingerprint density at radius 3 is 2.40 bits per heavy atom. The van der Waals surface area contributed by atoms with E-state index in [1.54, 1.807) is 50.4 Å². The van der Waals surface area contributed by atoms with E-state index in [9.17, 15) is 18.0 Å². The van der Waals surface area contributed by atoms with Crippen molar-refractivity contribution in [1.82, 2.24) is 10.2 Å². The topological polar surface area (TPSA) is 96.0 Å². The monoisotopic (exact) mass is 523 g/mol. The van der Waals surface area contributed by atoms with Crippen LogP contribution in [0.2, 0.25) is 5.02 Å². The predicted octanol–water partition coefficient (Wildman–Crippen LogP) is 3.84. The highest BCUT2D eigenvalue weighted by molar-refractivity contribution is 7.92. The van der Waals surface area contributed by atoms with Gasteiger partial charge in [-0.15, -0.1) is 0 Å². The van der Waals surface area contributed by atoms with Crippen LogP contribution in [0.4, 0.5) is 5.69 Å². The Bertz CT molecular complexity index is 1090. The van der Waals surface area contributed by atoms with Crippen molar-refractivity contribution in [3.05, 3.63) is 59.1 Å². The molecule has 0 unspecified atom stereocenters. The second-order valence-electron chi connectivity index (χ2n) is 8.26. The highest BCUT2D eigenvalue weighted by atomic mass is 35.5. The van der Waals surface area contributed by atoms with E-state index in [4.69, 9.17) is 16.3 Å². The fraction of sp³-hybridized carbons (Fsp3) is 0.440. The molecular formula is C25H34ClN3O5S. The normalized spacial score (nSPS) is 12.0. The molecule has 2 amide bonds. The molecule has 0 saturated heterocycles. The zero-order chi connectivity index (χ0) is 26.0. The lowest BCUT2D eigenvalue weighted by molar-refractivity contribution is -0.140. The van der Waals surface area contributed by atoms with Crippen molar-refractivity contribution in [2.24, 2.45) is 0 Å². The van der Waals surface area contributed by atoms with Gasteiger partial charge in [0.05, 0.1) is 19.1 Å². The van der Waals surface area contributed by atoms with Gasteiger partial charge in [0.25, 0.3) is 0 Å². The summed E-state index contributed by atoms with van der Waals surface area (Å²) in [4.78, 5) is 27.4. The highest BCUT2D eigenvalue weighted by Crippen LogP contribution is 2.23. The van der Waals surface area contributed by atoms with Gasteiger partial charge in [-0.05, 0) is 55.7 Å². The molecule has 192 valence electrons. The lowest BCUT2D eigenvalue weighted by Crippen LogP contribution is -2.47. The zero-order valence-corrected chi connectivity index (χ0v) is 22.2. The molecule has 0 spiro atoms. The highest BCUT2D eigenvalue weighted by Gasteiger charge is 2.26. The van der Waals surface area contributed by atoms with E-state index in [1.807, 2.05) is 19.1 Å². The summed E-state index contributed by atoms with van der Waals surface area (Å²) in [6, 6.07) is 13.2. The van der Waals surface area contributed by atoms with Crippen LogP contribution in [0.15, 0.2) is 48.5 Å². The predicted molar refractivity (Wildman–Crippen MR) is 139 cm³/mol. The summed E-state index contributed by atoms with van der Waals surface area (Å²) in [5, 5.41) is 3.26. The third-order valence-corrected chi connectivity index (χ3v) is 6.91. The van der Waals surface area contributed by atoms with Crippen LogP contribution in [0.1, 0.15) is 38.7 Å². The molecule has 10 heteroatoms. The molecule has 0 aliphatic heterocycles. The number of anilines is 1. The number of nitrogens with one attached hydrogen (secondary N) is 1. The maximum Gasteiger partial charge on any atom is 0.242 e. The number of amides is 2. The minimum Gasteiger partial charge on any atom is -0.497 e. The second kappa shape index (κ2) is 13.3. The van der Waals surface area contributed by atoms with E-state index >= 15 is 0 Å². The van der Waals surface area contributed by atoms with Crippen molar-refractivity contribution in [2.45, 2.75) is 45.7 Å². The summed E-state index contributed by atoms with van der Waals surface area (Å²) < 4.78 is 31.2. The first-order valence-corrected chi connectivity index (χ1v) is 13.7. The lowest BCUT2D eigenvalue weighted by atomic mass is 10.1. The molecule has 0 fully saturated rings. The Hall–Kier alpha value is -2.78. The average Bonchev–Trinajstić information content (AvgIpc) is 2.82. The van der Waals surface area contributed by atoms with Crippen molar-refractivity contribution in [3.63, 3.8) is 0 Å². The van der Waals surface area contributed by atoms with Gasteiger partial charge in [0.2, 0.25) is 21.8 Å². The summed E-state index contributed by atoms with van der Waals surface area (Å²) in [6.07, 6.45) is 2.26. The number of carbonyl (C=O) groups excluding carboxylic acids is 2. The molecule has 0 aliphatic carbocycles. The van der Waals surface area contributed by atoms with Crippen LogP contribution in [0.5, 0.6) is 5.75 Å². The molecule has 35 heavy (non-hydrogen) atoms. The first-order valence-electron chi connectivity index (χ1n) is 11.5. The van der Waals surface area contributed by atoms with Gasteiger partial charge >= 0.3 is 0 Å². The van der Waals surface area contributed by atoms with Crippen LogP contribution in [0.3, 0.4) is 0 Å². The van der Waals surface area contributed by atoms with Crippen molar-refractivity contribution in [2.75, 3.05) is 30.8 Å². The number of benzene rings is 2. The maximum atomic E-state index is 13.2. The molecule has 0 saturated carbocycles. The van der Waals surface area contributed by atoms with Gasteiger partial charge in [0, 0.05) is 31.1 Å². The van der Waals surface area contributed by atoms with Crippen LogP contribution in [-0.2, 0) is 26.2 Å². The summed E-state index contributed by atoms with van der Waals surface area (Å²) in [5.74, 6) is 0.229. The van der Waals surface area contributed by atoms with Crippen molar-refractivity contribution < 1.29 is 22.7 Å². The summed E-state index contributed by atoms with van der Waals surface area (Å²) in [6.45, 7) is 4.53. The standard InChI is InChI=1S/C25H34ClN3O5S/c1-5-15-27-25(31)19(2)28(18-20-11-13-23(34-3)14-12-20)24(30)10-7-16-29(35(4,32)33)22-9-6-8-21(26)17-22/h6,8-9,11-14,17,19H,5,7,10,15-16,18H2,1-4H3,(H,27,31)/t19-/m0/s1. The number of nitrogens with zero attached hydrogens (tertiary/aromatic N) is 2. The SMILES string of the molecule is CCCNC(=O)[C@H](C)N(Cc1ccc(OC)cc1)C(=O)CCCN(c1cccc(Cl)c1)S(C)(=O)=O. The van der Waals surface area contributed by atoms with Gasteiger partial charge < -0.3 is 15.0 Å². The summed E-state index contributed by atoms with van der Waals surface area (Å²) in [7, 11) is -2.00. The van der Waals surface area contributed by atoms with Gasteiger partial charge in [0.15, 0.2) is 0 Å². The van der Waals surface area contributed by atoms with Crippen LogP contribution < -0.4 is 14.4 Å². The molecule has 8 nitrogen and oxygen atoms in total. The lowest BCUT2D eigenvalue weighted by Gasteiger charge is -2.29. The second-order valence-corrected chi connectivity index (χ2v) is 10.6. The molecule has 1 N–H and O–H groups in total. The number of rotatable bonds is 13. The minimum atomic E-state index is -3.57. The Balaban J connectivity index is 2.15. The largest absolute Gasteiger partial charge is 0.497 e. The van der Waals surface area contributed by atoms with Gasteiger partial charge in [-0.1, -0.05) is 36.7 Å². The number of sulfonamides is 1. The van der Waals surface area contributed by atoms with Crippen molar-refractivity contribution in [3.8, 4) is 5.75 Å². The van der Waals surface area contributed by atoms with E-state index in [0.29, 0.717) is 23.0 Å². The number of halogens is 1. The van der Waals surface area contributed by atoms with E-state index in [-0.39, 0.29) is 37.7 Å². The fourth-order valence-electron chi connectivity index (χ4n) is 3.54. The van der Waals surface area contributed by atoms with Gasteiger partial charge in [-0.3, -0.25) is 13.9 Å². The van der Waals surface area contributed by atoms with E-state index in [1.165, 1.54) is 9.21 Å². The Kier molecular flexibility index (Phi) is 10.9. The number of methoxy groups -OCH3 is 1. The molecule has 2 aromatic rings. The van der Waals surface area contributed by atoms with Crippen LogP contribution >= 0.6 is 11.6 Å². The number of ether oxygens (including phenoxy) is 1. The van der Waals surface area contributed by atoms with Crippen LogP contribution in [-0.4, -0.2) is 57.6 Å². The average molecular weight is 524 g/mol. The van der Waals surface area contributed by atoms with E-state index in [2.05, 4.69) is 5.32 Å². The molecule has 2 rings (SSSR count). The summed E-state index contributed by atoms with van der Waals surface area (Å²) >= 11 is 6.03. The molecule has 2 aromatic carbocycles. The Labute approximate surface area is 213 Å². The fourth-order valence-corrected chi connectivity index (χ4v) is 4.68.